The number of thioether (sulfide) groups is 1. The Morgan fingerprint density at radius 3 is 2.72 bits per heavy atom. The van der Waals surface area contributed by atoms with E-state index in [1.165, 1.54) is 11.8 Å². The fourth-order valence-electron chi connectivity index (χ4n) is 3.70. The van der Waals surface area contributed by atoms with E-state index in [1.54, 1.807) is 16.8 Å². The van der Waals surface area contributed by atoms with Gasteiger partial charge in [0.2, 0.25) is 11.1 Å². The molecule has 1 aromatic carbocycles. The number of hydrogen-bond donors (Lipinski definition) is 2. The summed E-state index contributed by atoms with van der Waals surface area (Å²) in [5, 5.41) is 18.2. The number of benzene rings is 1. The van der Waals surface area contributed by atoms with Gasteiger partial charge in [0.1, 0.15) is 11.5 Å². The van der Waals surface area contributed by atoms with Gasteiger partial charge in [-0.3, -0.25) is 4.79 Å². The highest BCUT2D eigenvalue weighted by atomic mass is 32.2. The largest absolute Gasteiger partial charge is 0.508 e. The quantitative estimate of drug-likeness (QED) is 0.804. The van der Waals surface area contributed by atoms with Crippen molar-refractivity contribution in [2.45, 2.75) is 31.5 Å². The van der Waals surface area contributed by atoms with Gasteiger partial charge in [0.25, 0.3) is 0 Å². The Hall–Kier alpha value is -2.28. The summed E-state index contributed by atoms with van der Waals surface area (Å²) < 4.78 is 1.80. The first-order valence-corrected chi connectivity index (χ1v) is 9.42. The lowest BCUT2D eigenvalue weighted by atomic mass is 9.72. The van der Waals surface area contributed by atoms with Crippen molar-refractivity contribution >= 4 is 23.5 Å². The molecule has 0 spiro atoms. The predicted octanol–water partition coefficient (Wildman–Crippen LogP) is 3.22. The van der Waals surface area contributed by atoms with Crippen LogP contribution in [0.15, 0.2) is 41.2 Å². The second-order valence-corrected chi connectivity index (χ2v) is 8.01. The molecular formula is C18H20N4O2S. The maximum absolute atomic E-state index is 13.0. The van der Waals surface area contributed by atoms with Gasteiger partial charge in [-0.25, -0.2) is 4.68 Å². The predicted molar refractivity (Wildman–Crippen MR) is 96.6 cm³/mol. The number of carbonyl (C=O) groups is 1. The van der Waals surface area contributed by atoms with Crippen LogP contribution in [0.25, 0.3) is 0 Å². The van der Waals surface area contributed by atoms with E-state index >= 15 is 0 Å². The number of carbonyl (C=O) groups excluding carboxylic acids is 1. The van der Waals surface area contributed by atoms with Gasteiger partial charge in [0.15, 0.2) is 0 Å². The van der Waals surface area contributed by atoms with Crippen LogP contribution in [0.2, 0.25) is 0 Å². The zero-order valence-corrected chi connectivity index (χ0v) is 15.2. The number of ketones is 1. The number of nitrogens with zero attached hydrogens (tertiary/aromatic N) is 3. The SMILES string of the molecule is CSc1nc2n(n1)[C@H](c1ccc(O)cc1)[C@H]1C(=O)CC(C)(C)C=C1N2. The third-order valence-corrected chi connectivity index (χ3v) is 5.26. The second kappa shape index (κ2) is 5.62. The Morgan fingerprint density at radius 1 is 1.32 bits per heavy atom. The van der Waals surface area contributed by atoms with Crippen molar-refractivity contribution in [3.63, 3.8) is 0 Å². The molecule has 2 N–H and O–H groups in total. The number of anilines is 1. The molecule has 0 bridgehead atoms. The summed E-state index contributed by atoms with van der Waals surface area (Å²) in [6.07, 6.45) is 4.57. The lowest BCUT2D eigenvalue weighted by molar-refractivity contribution is -0.125. The van der Waals surface area contributed by atoms with Gasteiger partial charge in [-0.15, -0.1) is 5.10 Å². The summed E-state index contributed by atoms with van der Waals surface area (Å²) in [5.74, 6) is 0.727. The Labute approximate surface area is 150 Å². The first-order chi connectivity index (χ1) is 11.9. The van der Waals surface area contributed by atoms with Gasteiger partial charge in [-0.05, 0) is 29.4 Å². The highest BCUT2D eigenvalue weighted by Crippen LogP contribution is 2.45. The second-order valence-electron chi connectivity index (χ2n) is 7.24. The molecule has 0 amide bonds. The molecule has 25 heavy (non-hydrogen) atoms. The first kappa shape index (κ1) is 16.2. The van der Waals surface area contributed by atoms with E-state index in [0.29, 0.717) is 17.5 Å². The zero-order chi connectivity index (χ0) is 17.8. The Morgan fingerprint density at radius 2 is 2.04 bits per heavy atom. The summed E-state index contributed by atoms with van der Waals surface area (Å²) in [6, 6.07) is 6.72. The van der Waals surface area contributed by atoms with Crippen LogP contribution < -0.4 is 5.32 Å². The monoisotopic (exact) mass is 356 g/mol. The molecule has 7 heteroatoms. The molecule has 2 heterocycles. The van der Waals surface area contributed by atoms with Gasteiger partial charge in [-0.1, -0.05) is 43.8 Å². The van der Waals surface area contributed by atoms with Gasteiger partial charge >= 0.3 is 0 Å². The molecule has 0 unspecified atom stereocenters. The van der Waals surface area contributed by atoms with Crippen LogP contribution in [0.4, 0.5) is 5.95 Å². The van der Waals surface area contributed by atoms with Crippen molar-refractivity contribution in [2.75, 3.05) is 11.6 Å². The molecule has 4 rings (SSSR count). The third-order valence-electron chi connectivity index (χ3n) is 4.72. The summed E-state index contributed by atoms with van der Waals surface area (Å²) in [5.41, 5.74) is 1.65. The van der Waals surface area contributed by atoms with Crippen molar-refractivity contribution in [3.8, 4) is 5.75 Å². The number of Topliss-reactive ketones (excluding diaryl/α,β-unsaturated/α-hetero) is 1. The normalized spacial score (nSPS) is 24.1. The Kier molecular flexibility index (Phi) is 3.64. The minimum atomic E-state index is -0.318. The number of hydrogen-bond acceptors (Lipinski definition) is 6. The minimum absolute atomic E-state index is 0.181. The fourth-order valence-corrected chi connectivity index (χ4v) is 4.05. The van der Waals surface area contributed by atoms with Crippen LogP contribution in [0.5, 0.6) is 5.75 Å². The molecule has 2 atom stereocenters. The standard InChI is InChI=1S/C18H20N4O2S/c1-18(2)8-12-14(13(24)9-18)15(10-4-6-11(23)7-5-10)22-16(19-12)20-17(21-22)25-3/h4-8,14-15,23H,9H2,1-3H3,(H,19,20,21)/t14-,15-/m1/s1. The number of nitrogens with one attached hydrogen (secondary N) is 1. The minimum Gasteiger partial charge on any atom is -0.508 e. The number of phenolic OH excluding ortho intramolecular Hbond substituents is 1. The highest BCUT2D eigenvalue weighted by Gasteiger charge is 2.45. The average molecular weight is 356 g/mol. The summed E-state index contributed by atoms with van der Waals surface area (Å²) in [7, 11) is 0. The third kappa shape index (κ3) is 2.72. The fraction of sp³-hybridized carbons (Fsp3) is 0.389. The molecule has 2 aromatic rings. The van der Waals surface area contributed by atoms with Gasteiger partial charge in [0.05, 0.1) is 12.0 Å². The number of aromatic hydroxyl groups is 1. The van der Waals surface area contributed by atoms with Crippen LogP contribution in [-0.4, -0.2) is 31.9 Å². The summed E-state index contributed by atoms with van der Waals surface area (Å²) in [6.45, 7) is 4.13. The van der Waals surface area contributed by atoms with Crippen molar-refractivity contribution in [2.24, 2.45) is 11.3 Å². The van der Waals surface area contributed by atoms with E-state index in [0.717, 1.165) is 11.3 Å². The number of allylic oxidation sites excluding steroid dienone is 2. The maximum Gasteiger partial charge on any atom is 0.227 e. The van der Waals surface area contributed by atoms with E-state index in [1.807, 2.05) is 18.4 Å². The van der Waals surface area contributed by atoms with Crippen molar-refractivity contribution in [3.05, 3.63) is 41.6 Å². The number of rotatable bonds is 2. The van der Waals surface area contributed by atoms with Crippen LogP contribution in [0, 0.1) is 11.3 Å². The molecule has 0 saturated carbocycles. The molecule has 1 aliphatic carbocycles. The van der Waals surface area contributed by atoms with Crippen LogP contribution in [-0.2, 0) is 4.79 Å². The average Bonchev–Trinajstić information content (AvgIpc) is 2.95. The van der Waals surface area contributed by atoms with Crippen molar-refractivity contribution < 1.29 is 9.90 Å². The van der Waals surface area contributed by atoms with Crippen LogP contribution in [0.3, 0.4) is 0 Å². The molecule has 2 aliphatic rings. The van der Waals surface area contributed by atoms with Crippen molar-refractivity contribution in [1.29, 1.82) is 0 Å². The van der Waals surface area contributed by atoms with Crippen LogP contribution >= 0.6 is 11.8 Å². The molecule has 130 valence electrons. The molecule has 6 nitrogen and oxygen atoms in total. The van der Waals surface area contributed by atoms with E-state index in [9.17, 15) is 9.90 Å². The van der Waals surface area contributed by atoms with Gasteiger partial charge < -0.3 is 10.4 Å². The van der Waals surface area contributed by atoms with Crippen molar-refractivity contribution in [1.82, 2.24) is 14.8 Å². The van der Waals surface area contributed by atoms with E-state index < -0.39 is 0 Å². The summed E-state index contributed by atoms with van der Waals surface area (Å²) in [4.78, 5) is 17.5. The Bertz CT molecular complexity index is 870. The number of aromatic nitrogens is 3. The van der Waals surface area contributed by atoms with Crippen LogP contribution in [0.1, 0.15) is 31.9 Å². The number of fused-ring (bicyclic) bond motifs is 2. The topological polar surface area (TPSA) is 80.0 Å². The Balaban J connectivity index is 1.90. The molecule has 1 aliphatic heterocycles. The molecule has 1 aromatic heterocycles. The molecular weight excluding hydrogens is 336 g/mol. The molecule has 0 fully saturated rings. The van der Waals surface area contributed by atoms with Gasteiger partial charge in [0, 0.05) is 12.1 Å². The number of phenols is 1. The molecule has 0 radical (unpaired) electrons. The lowest BCUT2D eigenvalue weighted by Gasteiger charge is -2.40. The van der Waals surface area contributed by atoms with E-state index in [2.05, 4.69) is 35.3 Å². The lowest BCUT2D eigenvalue weighted by Crippen LogP contribution is -2.42. The highest BCUT2D eigenvalue weighted by molar-refractivity contribution is 7.98. The first-order valence-electron chi connectivity index (χ1n) is 8.20. The van der Waals surface area contributed by atoms with Gasteiger partial charge in [-0.2, -0.15) is 4.98 Å². The molecule has 0 saturated heterocycles. The maximum atomic E-state index is 13.0. The zero-order valence-electron chi connectivity index (χ0n) is 14.4. The smallest absolute Gasteiger partial charge is 0.227 e. The van der Waals surface area contributed by atoms with E-state index in [4.69, 9.17) is 0 Å². The van der Waals surface area contributed by atoms with E-state index in [-0.39, 0.29) is 28.9 Å². The summed E-state index contributed by atoms with van der Waals surface area (Å²) >= 11 is 1.47.